The molecule has 0 spiro atoms. The van der Waals surface area contributed by atoms with E-state index in [1.807, 2.05) is 0 Å². The first kappa shape index (κ1) is 26.5. The Morgan fingerprint density at radius 1 is 1.09 bits per heavy atom. The number of benzene rings is 2. The fraction of sp³-hybridized carbons (Fsp3) is 0.391. The van der Waals surface area contributed by atoms with E-state index < -0.39 is 28.5 Å². The lowest BCUT2D eigenvalue weighted by Gasteiger charge is -2.33. The number of sulfonamides is 1. The van der Waals surface area contributed by atoms with Crippen LogP contribution in [0.1, 0.15) is 25.8 Å². The molecule has 0 heterocycles. The van der Waals surface area contributed by atoms with E-state index in [0.717, 1.165) is 16.1 Å². The Labute approximate surface area is 200 Å². The largest absolute Gasteiger partial charge is 0.495 e. The molecule has 0 fully saturated rings. The summed E-state index contributed by atoms with van der Waals surface area (Å²) in [6.45, 7) is 3.65. The van der Waals surface area contributed by atoms with Crippen molar-refractivity contribution >= 4 is 39.1 Å². The Hall–Kier alpha value is -2.78. The highest BCUT2D eigenvalue weighted by molar-refractivity contribution is 7.92. The van der Waals surface area contributed by atoms with Crippen LogP contribution in [-0.4, -0.2) is 57.6 Å². The molecule has 2 aromatic rings. The van der Waals surface area contributed by atoms with E-state index in [1.165, 1.54) is 12.0 Å². The summed E-state index contributed by atoms with van der Waals surface area (Å²) in [5, 5.41) is 3.30. The monoisotopic (exact) mass is 495 g/mol. The summed E-state index contributed by atoms with van der Waals surface area (Å²) in [6.07, 6.45) is 1.38. The highest BCUT2D eigenvalue weighted by Gasteiger charge is 2.32. The number of amides is 2. The second kappa shape index (κ2) is 11.9. The number of carbonyl (C=O) groups is 2. The number of hydrogen-bond donors (Lipinski definition) is 1. The van der Waals surface area contributed by atoms with Crippen molar-refractivity contribution in [2.75, 3.05) is 30.8 Å². The molecular weight excluding hydrogens is 466 g/mol. The molecule has 8 nitrogen and oxygen atoms in total. The molecule has 180 valence electrons. The van der Waals surface area contributed by atoms with Gasteiger partial charge in [-0.3, -0.25) is 13.9 Å². The number of hydrogen-bond acceptors (Lipinski definition) is 5. The summed E-state index contributed by atoms with van der Waals surface area (Å²) >= 11 is 5.98. The van der Waals surface area contributed by atoms with Gasteiger partial charge in [0.15, 0.2) is 0 Å². The van der Waals surface area contributed by atoms with Crippen molar-refractivity contribution in [2.24, 2.45) is 0 Å². The van der Waals surface area contributed by atoms with Crippen LogP contribution < -0.4 is 14.4 Å². The number of rotatable bonds is 11. The molecule has 1 N–H and O–H groups in total. The molecule has 1 atom stereocenters. The second-order valence-corrected chi connectivity index (χ2v) is 9.75. The number of ether oxygens (including phenoxy) is 1. The summed E-state index contributed by atoms with van der Waals surface area (Å²) in [4.78, 5) is 27.7. The van der Waals surface area contributed by atoms with Gasteiger partial charge in [0.05, 0.1) is 19.1 Å². The van der Waals surface area contributed by atoms with Gasteiger partial charge in [-0.05, 0) is 43.2 Å². The van der Waals surface area contributed by atoms with Crippen LogP contribution in [0.25, 0.3) is 0 Å². The first-order valence-corrected chi connectivity index (χ1v) is 12.8. The van der Waals surface area contributed by atoms with Gasteiger partial charge in [-0.15, -0.1) is 0 Å². The van der Waals surface area contributed by atoms with Crippen LogP contribution >= 0.6 is 11.6 Å². The molecule has 0 radical (unpaired) electrons. The van der Waals surface area contributed by atoms with E-state index in [0.29, 0.717) is 23.7 Å². The third-order valence-electron chi connectivity index (χ3n) is 5.04. The Morgan fingerprint density at radius 3 is 2.27 bits per heavy atom. The van der Waals surface area contributed by atoms with Crippen molar-refractivity contribution < 1.29 is 22.7 Å². The van der Waals surface area contributed by atoms with Gasteiger partial charge in [-0.2, -0.15) is 0 Å². The quantitative estimate of drug-likeness (QED) is 0.517. The molecule has 2 rings (SSSR count). The molecule has 0 bridgehead atoms. The topological polar surface area (TPSA) is 96.0 Å². The Morgan fingerprint density at radius 2 is 1.73 bits per heavy atom. The van der Waals surface area contributed by atoms with Crippen molar-refractivity contribution in [1.82, 2.24) is 10.2 Å². The molecule has 2 aromatic carbocycles. The number of nitrogens with zero attached hydrogens (tertiary/aromatic N) is 2. The number of halogens is 1. The standard InChI is InChI=1S/C23H30ClN3O5S/c1-5-19(23(29)25-6-2)26(15-17-11-13-18(24)14-12-17)22(28)16-27(33(4,30)31)20-9-7-8-10-21(20)32-3/h7-14,19H,5-6,15-16H2,1-4H3,(H,25,29). The zero-order valence-electron chi connectivity index (χ0n) is 19.2. The van der Waals surface area contributed by atoms with Gasteiger partial charge >= 0.3 is 0 Å². The number of methoxy groups -OCH3 is 1. The van der Waals surface area contributed by atoms with Crippen molar-refractivity contribution in [3.63, 3.8) is 0 Å². The molecule has 0 aliphatic heterocycles. The molecule has 33 heavy (non-hydrogen) atoms. The summed E-state index contributed by atoms with van der Waals surface area (Å²) < 4.78 is 31.6. The summed E-state index contributed by atoms with van der Waals surface area (Å²) in [5.74, 6) is -0.499. The van der Waals surface area contributed by atoms with Crippen LogP contribution in [-0.2, 0) is 26.2 Å². The first-order chi connectivity index (χ1) is 15.6. The molecule has 10 heteroatoms. The van der Waals surface area contributed by atoms with E-state index in [-0.39, 0.29) is 18.1 Å². The number of nitrogens with one attached hydrogen (secondary N) is 1. The minimum atomic E-state index is -3.83. The van der Waals surface area contributed by atoms with Crippen LogP contribution in [0.4, 0.5) is 5.69 Å². The molecule has 0 aliphatic carbocycles. The number of likely N-dealkylation sites (N-methyl/N-ethyl adjacent to an activating group) is 1. The summed E-state index contributed by atoms with van der Waals surface area (Å²) in [5.41, 5.74) is 1.01. The second-order valence-electron chi connectivity index (χ2n) is 7.41. The van der Waals surface area contributed by atoms with Crippen LogP contribution in [0.5, 0.6) is 5.75 Å². The van der Waals surface area contributed by atoms with Gasteiger partial charge in [-0.25, -0.2) is 8.42 Å². The van der Waals surface area contributed by atoms with E-state index in [9.17, 15) is 18.0 Å². The molecular formula is C23H30ClN3O5S. The van der Waals surface area contributed by atoms with E-state index in [1.54, 1.807) is 62.4 Å². The molecule has 0 aromatic heterocycles. The average molecular weight is 496 g/mol. The van der Waals surface area contributed by atoms with E-state index in [4.69, 9.17) is 16.3 Å². The van der Waals surface area contributed by atoms with Crippen LogP contribution in [0.2, 0.25) is 5.02 Å². The minimum absolute atomic E-state index is 0.120. The normalized spacial score (nSPS) is 12.0. The zero-order valence-corrected chi connectivity index (χ0v) is 20.8. The third kappa shape index (κ3) is 7.10. The lowest BCUT2D eigenvalue weighted by Crippen LogP contribution is -2.52. The van der Waals surface area contributed by atoms with Crippen molar-refractivity contribution in [2.45, 2.75) is 32.9 Å². The van der Waals surface area contributed by atoms with Crippen LogP contribution in [0.3, 0.4) is 0 Å². The number of carbonyl (C=O) groups excluding carboxylic acids is 2. The third-order valence-corrected chi connectivity index (χ3v) is 6.41. The fourth-order valence-corrected chi connectivity index (χ4v) is 4.41. The van der Waals surface area contributed by atoms with Gasteiger partial charge in [0.1, 0.15) is 18.3 Å². The number of para-hydroxylation sites is 2. The minimum Gasteiger partial charge on any atom is -0.495 e. The van der Waals surface area contributed by atoms with Gasteiger partial charge in [0.25, 0.3) is 0 Å². The molecule has 0 saturated heterocycles. The Balaban J connectivity index is 2.46. The maximum atomic E-state index is 13.5. The van der Waals surface area contributed by atoms with Gasteiger partial charge in [0, 0.05) is 18.1 Å². The molecule has 2 amide bonds. The number of anilines is 1. The molecule has 1 unspecified atom stereocenters. The van der Waals surface area contributed by atoms with Gasteiger partial charge in [-0.1, -0.05) is 42.8 Å². The van der Waals surface area contributed by atoms with Gasteiger partial charge < -0.3 is 15.0 Å². The van der Waals surface area contributed by atoms with Crippen LogP contribution in [0.15, 0.2) is 48.5 Å². The maximum Gasteiger partial charge on any atom is 0.244 e. The summed E-state index contributed by atoms with van der Waals surface area (Å²) in [6, 6.07) is 12.7. The average Bonchev–Trinajstić information content (AvgIpc) is 2.78. The van der Waals surface area contributed by atoms with Gasteiger partial charge in [0.2, 0.25) is 21.8 Å². The predicted molar refractivity (Wildman–Crippen MR) is 130 cm³/mol. The lowest BCUT2D eigenvalue weighted by molar-refractivity contribution is -0.140. The zero-order chi connectivity index (χ0) is 24.6. The predicted octanol–water partition coefficient (Wildman–Crippen LogP) is 3.06. The fourth-order valence-electron chi connectivity index (χ4n) is 3.43. The van der Waals surface area contributed by atoms with Crippen molar-refractivity contribution in [1.29, 1.82) is 0 Å². The highest BCUT2D eigenvalue weighted by atomic mass is 35.5. The van der Waals surface area contributed by atoms with E-state index >= 15 is 0 Å². The van der Waals surface area contributed by atoms with Crippen molar-refractivity contribution in [3.8, 4) is 5.75 Å². The maximum absolute atomic E-state index is 13.5. The summed E-state index contributed by atoms with van der Waals surface area (Å²) in [7, 11) is -2.41. The Kier molecular flexibility index (Phi) is 9.55. The SMILES string of the molecule is CCNC(=O)C(CC)N(Cc1ccc(Cl)cc1)C(=O)CN(c1ccccc1OC)S(C)(=O)=O. The van der Waals surface area contributed by atoms with Crippen LogP contribution in [0, 0.1) is 0 Å². The molecule has 0 saturated carbocycles. The molecule has 0 aliphatic rings. The Bertz CT molecular complexity index is 1060. The van der Waals surface area contributed by atoms with E-state index in [2.05, 4.69) is 5.32 Å². The van der Waals surface area contributed by atoms with Crippen molar-refractivity contribution in [3.05, 3.63) is 59.1 Å². The smallest absolute Gasteiger partial charge is 0.244 e. The first-order valence-electron chi connectivity index (χ1n) is 10.5. The highest BCUT2D eigenvalue weighted by Crippen LogP contribution is 2.29. The lowest BCUT2D eigenvalue weighted by atomic mass is 10.1.